The summed E-state index contributed by atoms with van der Waals surface area (Å²) < 4.78 is 15.7. The molecule has 0 radical (unpaired) electrons. The van der Waals surface area contributed by atoms with Crippen LogP contribution in [0.5, 0.6) is 0 Å². The average Bonchev–Trinajstić information content (AvgIpc) is 2.73. The van der Waals surface area contributed by atoms with Gasteiger partial charge in [-0.1, -0.05) is 36.4 Å². The number of esters is 2. The van der Waals surface area contributed by atoms with Crippen LogP contribution in [0.1, 0.15) is 20.7 Å². The number of aliphatic hydroxyl groups excluding tert-OH is 3. The molecule has 1 aliphatic heterocycles. The molecule has 3 rings (SSSR count). The molecule has 0 spiro atoms. The molecule has 2 aromatic carbocycles. The minimum atomic E-state index is -1.71. The second kappa shape index (κ2) is 8.94. The van der Waals surface area contributed by atoms with Gasteiger partial charge in [0.05, 0.1) is 17.7 Å². The van der Waals surface area contributed by atoms with Gasteiger partial charge in [-0.15, -0.1) is 0 Å². The highest BCUT2D eigenvalue weighted by atomic mass is 16.7. The molecular formula is C20H20O8. The molecule has 0 aromatic heterocycles. The zero-order valence-electron chi connectivity index (χ0n) is 14.8. The summed E-state index contributed by atoms with van der Waals surface area (Å²) in [7, 11) is 0. The molecule has 1 fully saturated rings. The fourth-order valence-corrected chi connectivity index (χ4v) is 2.85. The summed E-state index contributed by atoms with van der Waals surface area (Å²) in [6.45, 7) is -0.628. The Balaban J connectivity index is 1.82. The van der Waals surface area contributed by atoms with E-state index in [9.17, 15) is 24.9 Å². The number of carbonyl (C=O) groups excluding carboxylic acids is 2. The van der Waals surface area contributed by atoms with E-state index in [-0.39, 0.29) is 11.1 Å². The van der Waals surface area contributed by atoms with Gasteiger partial charge in [0, 0.05) is 0 Å². The van der Waals surface area contributed by atoms with Gasteiger partial charge in [-0.2, -0.15) is 0 Å². The van der Waals surface area contributed by atoms with Gasteiger partial charge >= 0.3 is 11.9 Å². The van der Waals surface area contributed by atoms with Crippen LogP contribution in [0.4, 0.5) is 0 Å². The van der Waals surface area contributed by atoms with Crippen molar-refractivity contribution in [3.8, 4) is 0 Å². The molecule has 0 bridgehead atoms. The predicted molar refractivity (Wildman–Crippen MR) is 95.3 cm³/mol. The minimum Gasteiger partial charge on any atom is -0.452 e. The number of carbonyl (C=O) groups is 2. The van der Waals surface area contributed by atoms with E-state index in [2.05, 4.69) is 0 Å². The molecule has 1 saturated heterocycles. The van der Waals surface area contributed by atoms with E-state index in [1.54, 1.807) is 36.4 Å². The molecule has 2 aromatic rings. The minimum absolute atomic E-state index is 0.210. The Morgan fingerprint density at radius 1 is 0.821 bits per heavy atom. The Kier molecular flexibility index (Phi) is 6.37. The van der Waals surface area contributed by atoms with Gasteiger partial charge in [-0.3, -0.25) is 0 Å². The molecule has 0 amide bonds. The summed E-state index contributed by atoms with van der Waals surface area (Å²) in [6.07, 6.45) is -7.37. The standard InChI is InChI=1S/C20H20O8/c21-11-14-15(22)16(27-18(23)12-7-3-1-4-8-12)17(20(25)26-14)28-19(24)13-9-5-2-6-10-13/h1-10,14-17,20-22,25H,11H2/t14?,15-,16?,17?,20+/m1/s1. The lowest BCUT2D eigenvalue weighted by Gasteiger charge is -2.41. The first-order valence-corrected chi connectivity index (χ1v) is 8.65. The smallest absolute Gasteiger partial charge is 0.338 e. The zero-order chi connectivity index (χ0) is 20.1. The summed E-state index contributed by atoms with van der Waals surface area (Å²) in [5.41, 5.74) is 0.422. The lowest BCUT2D eigenvalue weighted by atomic mass is 9.98. The Morgan fingerprint density at radius 2 is 1.29 bits per heavy atom. The van der Waals surface area contributed by atoms with Crippen LogP contribution in [-0.4, -0.2) is 64.6 Å². The van der Waals surface area contributed by atoms with E-state index in [1.165, 1.54) is 24.3 Å². The quantitative estimate of drug-likeness (QED) is 0.633. The molecule has 3 unspecified atom stereocenters. The topological polar surface area (TPSA) is 123 Å². The van der Waals surface area contributed by atoms with Crippen LogP contribution in [0.2, 0.25) is 0 Å². The van der Waals surface area contributed by atoms with Crippen molar-refractivity contribution in [3.05, 3.63) is 71.8 Å². The third kappa shape index (κ3) is 4.37. The highest BCUT2D eigenvalue weighted by molar-refractivity contribution is 5.90. The Morgan fingerprint density at radius 3 is 1.75 bits per heavy atom. The molecule has 5 atom stereocenters. The molecule has 1 aliphatic rings. The van der Waals surface area contributed by atoms with Gasteiger partial charge in [-0.25, -0.2) is 9.59 Å². The summed E-state index contributed by atoms with van der Waals surface area (Å²) >= 11 is 0. The SMILES string of the molecule is O=C(OC1C(OC(=O)c2ccccc2)[C@@H](O)OC(CO)[C@H]1O)c1ccccc1. The van der Waals surface area contributed by atoms with Crippen LogP contribution in [0.3, 0.4) is 0 Å². The van der Waals surface area contributed by atoms with Gasteiger partial charge in [0.2, 0.25) is 0 Å². The van der Waals surface area contributed by atoms with Gasteiger partial charge in [0.25, 0.3) is 0 Å². The fourth-order valence-electron chi connectivity index (χ4n) is 2.85. The second-order valence-electron chi connectivity index (χ2n) is 6.21. The molecule has 8 nitrogen and oxygen atoms in total. The summed E-state index contributed by atoms with van der Waals surface area (Å²) in [5, 5.41) is 30.0. The zero-order valence-corrected chi connectivity index (χ0v) is 14.8. The van der Waals surface area contributed by atoms with Crippen LogP contribution in [0.25, 0.3) is 0 Å². The second-order valence-corrected chi connectivity index (χ2v) is 6.21. The van der Waals surface area contributed by atoms with Crippen molar-refractivity contribution in [1.29, 1.82) is 0 Å². The molecular weight excluding hydrogens is 368 g/mol. The number of aliphatic hydroxyl groups is 3. The predicted octanol–water partition coefficient (Wildman–Crippen LogP) is 0.508. The van der Waals surface area contributed by atoms with Gasteiger partial charge in [-0.05, 0) is 24.3 Å². The summed E-state index contributed by atoms with van der Waals surface area (Å²) in [5.74, 6) is -1.57. The summed E-state index contributed by atoms with van der Waals surface area (Å²) in [4.78, 5) is 24.8. The van der Waals surface area contributed by atoms with E-state index in [4.69, 9.17) is 14.2 Å². The lowest BCUT2D eigenvalue weighted by Crippen LogP contribution is -2.61. The van der Waals surface area contributed by atoms with Crippen LogP contribution < -0.4 is 0 Å². The van der Waals surface area contributed by atoms with Crippen molar-refractivity contribution < 1.29 is 39.1 Å². The Labute approximate surface area is 160 Å². The van der Waals surface area contributed by atoms with E-state index >= 15 is 0 Å². The van der Waals surface area contributed by atoms with Gasteiger partial charge in [0.15, 0.2) is 18.5 Å². The van der Waals surface area contributed by atoms with Crippen LogP contribution >= 0.6 is 0 Å². The van der Waals surface area contributed by atoms with Crippen molar-refractivity contribution in [3.63, 3.8) is 0 Å². The molecule has 3 N–H and O–H groups in total. The third-order valence-electron chi connectivity index (χ3n) is 4.32. The van der Waals surface area contributed by atoms with E-state index < -0.39 is 49.3 Å². The first-order valence-electron chi connectivity index (χ1n) is 8.65. The number of rotatable bonds is 5. The van der Waals surface area contributed by atoms with Crippen LogP contribution in [0.15, 0.2) is 60.7 Å². The molecule has 148 valence electrons. The van der Waals surface area contributed by atoms with E-state index in [0.29, 0.717) is 0 Å². The maximum atomic E-state index is 12.4. The monoisotopic (exact) mass is 388 g/mol. The van der Waals surface area contributed by atoms with Crippen molar-refractivity contribution in [1.82, 2.24) is 0 Å². The fraction of sp³-hybridized carbons (Fsp3) is 0.300. The van der Waals surface area contributed by atoms with Crippen molar-refractivity contribution in [2.45, 2.75) is 30.7 Å². The van der Waals surface area contributed by atoms with Gasteiger partial charge in [0.1, 0.15) is 12.2 Å². The Bertz CT molecular complexity index is 794. The Hall–Kier alpha value is -2.78. The number of hydrogen-bond acceptors (Lipinski definition) is 8. The third-order valence-corrected chi connectivity index (χ3v) is 4.32. The summed E-state index contributed by atoms with van der Waals surface area (Å²) in [6, 6.07) is 16.0. The molecule has 0 aliphatic carbocycles. The first-order chi connectivity index (χ1) is 13.5. The maximum absolute atomic E-state index is 12.4. The average molecular weight is 388 g/mol. The largest absolute Gasteiger partial charge is 0.452 e. The van der Waals surface area contributed by atoms with E-state index in [1.807, 2.05) is 0 Å². The van der Waals surface area contributed by atoms with Crippen LogP contribution in [-0.2, 0) is 14.2 Å². The number of hydrogen-bond donors (Lipinski definition) is 3. The lowest BCUT2D eigenvalue weighted by molar-refractivity contribution is -0.285. The van der Waals surface area contributed by atoms with E-state index in [0.717, 1.165) is 0 Å². The molecule has 8 heteroatoms. The highest BCUT2D eigenvalue weighted by Gasteiger charge is 2.49. The van der Waals surface area contributed by atoms with Crippen molar-refractivity contribution in [2.75, 3.05) is 6.61 Å². The van der Waals surface area contributed by atoms with Crippen LogP contribution in [0, 0.1) is 0 Å². The molecule has 1 heterocycles. The normalized spacial score (nSPS) is 27.0. The first kappa shape index (κ1) is 20.0. The number of benzene rings is 2. The number of ether oxygens (including phenoxy) is 3. The highest BCUT2D eigenvalue weighted by Crippen LogP contribution is 2.26. The van der Waals surface area contributed by atoms with Crippen molar-refractivity contribution in [2.24, 2.45) is 0 Å². The molecule has 28 heavy (non-hydrogen) atoms. The van der Waals surface area contributed by atoms with Crippen molar-refractivity contribution >= 4 is 11.9 Å². The molecule has 0 saturated carbocycles. The maximum Gasteiger partial charge on any atom is 0.338 e. The van der Waals surface area contributed by atoms with Gasteiger partial charge < -0.3 is 29.5 Å².